The molecule has 1 amide bonds. The summed E-state index contributed by atoms with van der Waals surface area (Å²) in [4.78, 5) is 19.9. The van der Waals surface area contributed by atoms with Crippen LogP contribution in [0.25, 0.3) is 11.1 Å². The van der Waals surface area contributed by atoms with Crippen molar-refractivity contribution in [1.82, 2.24) is 9.88 Å². The average molecular weight is 409 g/mol. The Morgan fingerprint density at radius 1 is 1.25 bits per heavy atom. The van der Waals surface area contributed by atoms with E-state index in [1.165, 1.54) is 17.2 Å². The van der Waals surface area contributed by atoms with E-state index in [9.17, 15) is 4.79 Å². The highest BCUT2D eigenvalue weighted by Crippen LogP contribution is 2.43. The number of fused-ring (bicyclic) bond motifs is 1. The first kappa shape index (κ1) is 18.9. The van der Waals surface area contributed by atoms with Crippen LogP contribution in [-0.2, 0) is 11.3 Å². The van der Waals surface area contributed by atoms with Crippen LogP contribution in [0, 0.1) is 13.8 Å². The molecule has 1 aliphatic heterocycles. The second-order valence-electron chi connectivity index (χ2n) is 7.14. The Balaban J connectivity index is 1.88. The molecule has 28 heavy (non-hydrogen) atoms. The number of aryl methyl sites for hydroxylation is 2. The van der Waals surface area contributed by atoms with Gasteiger partial charge in [-0.25, -0.2) is 0 Å². The van der Waals surface area contributed by atoms with Crippen LogP contribution in [-0.4, -0.2) is 22.3 Å². The van der Waals surface area contributed by atoms with Crippen LogP contribution in [0.1, 0.15) is 33.2 Å². The highest BCUT2D eigenvalue weighted by Gasteiger charge is 2.31. The van der Waals surface area contributed by atoms with Crippen molar-refractivity contribution in [3.05, 3.63) is 86.8 Å². The number of carbonyl (C=O) groups excluding carboxylic acids is 1. The molecule has 142 valence electrons. The largest absolute Gasteiger partial charge is 0.333 e. The van der Waals surface area contributed by atoms with Gasteiger partial charge in [0, 0.05) is 34.8 Å². The van der Waals surface area contributed by atoms with E-state index in [2.05, 4.69) is 54.9 Å². The zero-order chi connectivity index (χ0) is 19.8. The smallest absolute Gasteiger partial charge is 0.246 e. The maximum Gasteiger partial charge on any atom is 0.246 e. The number of halogens is 1. The minimum absolute atomic E-state index is 0.0499. The van der Waals surface area contributed by atoms with E-state index >= 15 is 0 Å². The van der Waals surface area contributed by atoms with Gasteiger partial charge in [-0.2, -0.15) is 0 Å². The fourth-order valence-corrected chi connectivity index (χ4v) is 5.26. The molecule has 0 saturated carbocycles. The number of aromatic nitrogens is 1. The summed E-state index contributed by atoms with van der Waals surface area (Å²) in [7, 11) is 0. The molecule has 0 N–H and O–H groups in total. The number of thiophene rings is 1. The molecule has 0 bridgehead atoms. The van der Waals surface area contributed by atoms with Gasteiger partial charge in [0.05, 0.1) is 10.9 Å². The summed E-state index contributed by atoms with van der Waals surface area (Å²) in [5.41, 5.74) is 6.82. The molecule has 0 radical (unpaired) electrons. The molecular weight excluding hydrogens is 388 g/mol. The second-order valence-corrected chi connectivity index (χ2v) is 8.91. The molecule has 1 aromatic carbocycles. The summed E-state index contributed by atoms with van der Waals surface area (Å²) in [6, 6.07) is 12.6. The van der Waals surface area contributed by atoms with Gasteiger partial charge in [-0.05, 0) is 54.3 Å². The molecule has 4 rings (SSSR count). The first-order valence-electron chi connectivity index (χ1n) is 9.20. The highest BCUT2D eigenvalue weighted by atomic mass is 35.5. The number of nitrogens with zero attached hydrogens (tertiary/aromatic N) is 2. The summed E-state index contributed by atoms with van der Waals surface area (Å²) >= 11 is 7.90. The summed E-state index contributed by atoms with van der Waals surface area (Å²) in [5.74, 6) is 0.0126. The molecule has 5 heteroatoms. The van der Waals surface area contributed by atoms with E-state index in [-0.39, 0.29) is 11.8 Å². The molecule has 0 unspecified atom stereocenters. The van der Waals surface area contributed by atoms with Crippen LogP contribution >= 0.6 is 22.9 Å². The number of carbonyl (C=O) groups is 1. The number of rotatable bonds is 3. The number of amides is 1. The summed E-state index contributed by atoms with van der Waals surface area (Å²) in [6.07, 6.45) is 3.28. The first-order valence-corrected chi connectivity index (χ1v) is 10.4. The Hall–Kier alpha value is -2.43. The SMILES string of the molecule is C=CC(=O)N1Cc2sc(Cl)cc2[C@@H](c2ccccc2-c2cc(C)cnc2C)C1. The molecule has 3 aromatic rings. The van der Waals surface area contributed by atoms with E-state index in [1.54, 1.807) is 11.3 Å². The lowest BCUT2D eigenvalue weighted by Crippen LogP contribution is -2.37. The minimum Gasteiger partial charge on any atom is -0.333 e. The normalized spacial score (nSPS) is 16.0. The summed E-state index contributed by atoms with van der Waals surface area (Å²) in [5, 5.41) is 0. The fourth-order valence-electron chi connectivity index (χ4n) is 3.90. The van der Waals surface area contributed by atoms with E-state index < -0.39 is 0 Å². The third-order valence-electron chi connectivity index (χ3n) is 5.26. The monoisotopic (exact) mass is 408 g/mol. The van der Waals surface area contributed by atoms with Crippen molar-refractivity contribution in [3.63, 3.8) is 0 Å². The van der Waals surface area contributed by atoms with Crippen molar-refractivity contribution in [1.29, 1.82) is 0 Å². The van der Waals surface area contributed by atoms with Gasteiger partial charge in [-0.3, -0.25) is 9.78 Å². The Morgan fingerprint density at radius 3 is 2.82 bits per heavy atom. The molecule has 0 saturated heterocycles. The molecule has 3 nitrogen and oxygen atoms in total. The van der Waals surface area contributed by atoms with Gasteiger partial charge in [-0.1, -0.05) is 42.4 Å². The van der Waals surface area contributed by atoms with Crippen molar-refractivity contribution in [2.24, 2.45) is 0 Å². The molecule has 0 aliphatic carbocycles. The molecular formula is C23H21ClN2OS. The van der Waals surface area contributed by atoms with Crippen molar-refractivity contribution in [2.75, 3.05) is 6.54 Å². The van der Waals surface area contributed by atoms with Gasteiger partial charge in [0.1, 0.15) is 0 Å². The lowest BCUT2D eigenvalue weighted by atomic mass is 9.83. The third-order valence-corrected chi connectivity index (χ3v) is 6.53. The van der Waals surface area contributed by atoms with Crippen molar-refractivity contribution in [3.8, 4) is 11.1 Å². The molecule has 0 fully saturated rings. The van der Waals surface area contributed by atoms with Gasteiger partial charge in [-0.15, -0.1) is 11.3 Å². The first-order chi connectivity index (χ1) is 13.5. The van der Waals surface area contributed by atoms with Crippen molar-refractivity contribution < 1.29 is 4.79 Å². The topological polar surface area (TPSA) is 33.2 Å². The predicted octanol–water partition coefficient (Wildman–Crippen LogP) is 5.74. The fraction of sp³-hybridized carbons (Fsp3) is 0.217. The maximum absolute atomic E-state index is 12.4. The summed E-state index contributed by atoms with van der Waals surface area (Å²) < 4.78 is 0.758. The van der Waals surface area contributed by atoms with Crippen LogP contribution in [0.3, 0.4) is 0 Å². The molecule has 0 spiro atoms. The van der Waals surface area contributed by atoms with E-state index in [0.717, 1.165) is 31.6 Å². The number of hydrogen-bond donors (Lipinski definition) is 0. The Labute approximate surface area is 174 Å². The van der Waals surface area contributed by atoms with E-state index in [1.807, 2.05) is 18.0 Å². The number of hydrogen-bond acceptors (Lipinski definition) is 3. The molecule has 1 aliphatic rings. The number of pyridine rings is 1. The lowest BCUT2D eigenvalue weighted by Gasteiger charge is -2.33. The van der Waals surface area contributed by atoms with Crippen LogP contribution < -0.4 is 0 Å². The Bertz CT molecular complexity index is 1070. The maximum atomic E-state index is 12.4. The van der Waals surface area contributed by atoms with Crippen LogP contribution in [0.2, 0.25) is 4.34 Å². The summed E-state index contributed by atoms with van der Waals surface area (Å²) in [6.45, 7) is 8.95. The van der Waals surface area contributed by atoms with Crippen molar-refractivity contribution >= 4 is 28.8 Å². The van der Waals surface area contributed by atoms with Gasteiger partial charge < -0.3 is 4.90 Å². The third kappa shape index (κ3) is 3.38. The standard InChI is InChI=1S/C23H21ClN2OS/c1-4-23(27)26-12-20(19-10-22(24)28-21(19)13-26)17-8-6-5-7-16(17)18-9-14(2)11-25-15(18)3/h4-11,20H,1,12-13H2,2-3H3/t20-/m1/s1. The molecule has 2 aromatic heterocycles. The number of benzene rings is 1. The van der Waals surface area contributed by atoms with Gasteiger partial charge in [0.15, 0.2) is 0 Å². The predicted molar refractivity (Wildman–Crippen MR) is 116 cm³/mol. The molecule has 1 atom stereocenters. The average Bonchev–Trinajstić information content (AvgIpc) is 3.08. The molecule has 3 heterocycles. The minimum atomic E-state index is -0.0499. The van der Waals surface area contributed by atoms with Gasteiger partial charge in [0.2, 0.25) is 5.91 Å². The Kier molecular flexibility index (Phi) is 5.09. The highest BCUT2D eigenvalue weighted by molar-refractivity contribution is 7.16. The second kappa shape index (κ2) is 7.53. The van der Waals surface area contributed by atoms with Gasteiger partial charge >= 0.3 is 0 Å². The van der Waals surface area contributed by atoms with Crippen molar-refractivity contribution in [2.45, 2.75) is 26.3 Å². The zero-order valence-electron chi connectivity index (χ0n) is 15.9. The van der Waals surface area contributed by atoms with E-state index in [4.69, 9.17) is 11.6 Å². The quantitative estimate of drug-likeness (QED) is 0.517. The van der Waals surface area contributed by atoms with Crippen LogP contribution in [0.15, 0.2) is 55.3 Å². The zero-order valence-corrected chi connectivity index (χ0v) is 17.5. The van der Waals surface area contributed by atoms with Gasteiger partial charge in [0.25, 0.3) is 0 Å². The Morgan fingerprint density at radius 2 is 2.04 bits per heavy atom. The van der Waals surface area contributed by atoms with Crippen LogP contribution in [0.4, 0.5) is 0 Å². The van der Waals surface area contributed by atoms with E-state index in [0.29, 0.717) is 13.1 Å². The van der Waals surface area contributed by atoms with Crippen LogP contribution in [0.5, 0.6) is 0 Å². The lowest BCUT2D eigenvalue weighted by molar-refractivity contribution is -0.127.